The minimum absolute atomic E-state index is 0.391. The van der Waals surface area contributed by atoms with Gasteiger partial charge in [0.1, 0.15) is 5.54 Å². The molecule has 0 fully saturated rings. The zero-order valence-corrected chi connectivity index (χ0v) is 9.54. The minimum Gasteiger partial charge on any atom is -0.480 e. The Morgan fingerprint density at radius 2 is 1.81 bits per heavy atom. The summed E-state index contributed by atoms with van der Waals surface area (Å²) in [5, 5.41) is 10.8. The fourth-order valence-electron chi connectivity index (χ4n) is 0.698. The molecule has 0 aliphatic rings. The number of hydrogen-bond acceptors (Lipinski definition) is 3. The van der Waals surface area contributed by atoms with Crippen molar-refractivity contribution in [2.45, 2.75) is 25.6 Å². The van der Waals surface area contributed by atoms with Crippen LogP contribution in [0.1, 0.15) is 13.8 Å². The van der Waals surface area contributed by atoms with E-state index in [1.807, 2.05) is 0 Å². The molecule has 0 saturated carbocycles. The number of halogens is 3. The maximum absolute atomic E-state index is 11.7. The highest BCUT2D eigenvalue weighted by molar-refractivity contribution is 8.00. The third-order valence-corrected chi connectivity index (χ3v) is 2.48. The molecule has 0 unspecified atom stereocenters. The highest BCUT2D eigenvalue weighted by Crippen LogP contribution is 2.20. The van der Waals surface area contributed by atoms with Crippen LogP contribution in [0.2, 0.25) is 0 Å². The van der Waals surface area contributed by atoms with E-state index >= 15 is 0 Å². The highest BCUT2D eigenvalue weighted by atomic mass is 32.2. The zero-order valence-electron chi connectivity index (χ0n) is 8.72. The number of nitrogens with one attached hydrogen (secondary N) is 1. The van der Waals surface area contributed by atoms with Crippen molar-refractivity contribution in [1.82, 2.24) is 5.32 Å². The topological polar surface area (TPSA) is 66.4 Å². The Labute approximate surface area is 94.6 Å². The summed E-state index contributed by atoms with van der Waals surface area (Å²) in [5.74, 6) is -3.53. The number of alkyl halides is 3. The number of carboxylic acids is 1. The van der Waals surface area contributed by atoms with Crippen molar-refractivity contribution in [2.75, 3.05) is 11.5 Å². The van der Waals surface area contributed by atoms with Gasteiger partial charge in [-0.2, -0.15) is 13.2 Å². The van der Waals surface area contributed by atoms with E-state index in [2.05, 4.69) is 5.32 Å². The van der Waals surface area contributed by atoms with E-state index in [0.29, 0.717) is 11.8 Å². The Bertz CT molecular complexity index is 278. The van der Waals surface area contributed by atoms with Gasteiger partial charge < -0.3 is 10.4 Å². The normalized spacial score (nSPS) is 12.3. The molecule has 0 spiro atoms. The highest BCUT2D eigenvalue weighted by Gasteiger charge is 2.30. The van der Waals surface area contributed by atoms with Gasteiger partial charge >= 0.3 is 12.1 Å². The van der Waals surface area contributed by atoms with Crippen molar-refractivity contribution >= 4 is 23.6 Å². The molecule has 8 heteroatoms. The van der Waals surface area contributed by atoms with Crippen molar-refractivity contribution in [1.29, 1.82) is 0 Å². The van der Waals surface area contributed by atoms with E-state index in [9.17, 15) is 22.8 Å². The third kappa shape index (κ3) is 6.54. The molecule has 0 saturated heterocycles. The molecule has 2 N–H and O–H groups in total. The van der Waals surface area contributed by atoms with E-state index in [4.69, 9.17) is 5.11 Å². The van der Waals surface area contributed by atoms with Crippen LogP contribution in [-0.2, 0) is 9.59 Å². The summed E-state index contributed by atoms with van der Waals surface area (Å²) in [6.45, 7) is 2.50. The van der Waals surface area contributed by atoms with Crippen molar-refractivity contribution in [3.05, 3.63) is 0 Å². The average molecular weight is 259 g/mol. The van der Waals surface area contributed by atoms with Crippen LogP contribution in [0.15, 0.2) is 0 Å². The lowest BCUT2D eigenvalue weighted by Gasteiger charge is -2.20. The molecular formula is C8H12F3NO3S. The number of carboxylic acid groups (broad SMARTS) is 1. The van der Waals surface area contributed by atoms with Gasteiger partial charge in [-0.3, -0.25) is 4.79 Å². The van der Waals surface area contributed by atoms with Gasteiger partial charge in [0, 0.05) is 0 Å². The molecular weight excluding hydrogens is 247 g/mol. The van der Waals surface area contributed by atoms with Crippen LogP contribution in [0.3, 0.4) is 0 Å². The monoisotopic (exact) mass is 259 g/mol. The number of rotatable bonds is 5. The fourth-order valence-corrected chi connectivity index (χ4v) is 1.29. The van der Waals surface area contributed by atoms with Crippen LogP contribution in [0.25, 0.3) is 0 Å². The Morgan fingerprint density at radius 3 is 2.19 bits per heavy atom. The van der Waals surface area contributed by atoms with Crippen LogP contribution < -0.4 is 5.32 Å². The van der Waals surface area contributed by atoms with Gasteiger partial charge in [-0.1, -0.05) is 0 Å². The largest absolute Gasteiger partial charge is 0.480 e. The molecule has 1 amide bonds. The summed E-state index contributed by atoms with van der Waals surface area (Å²) >= 11 is 0.391. The number of aliphatic carboxylic acids is 1. The molecule has 0 atom stereocenters. The molecule has 0 aromatic heterocycles. The summed E-state index contributed by atoms with van der Waals surface area (Å²) in [6.07, 6.45) is -4.33. The van der Waals surface area contributed by atoms with Crippen molar-refractivity contribution in [2.24, 2.45) is 0 Å². The summed E-state index contributed by atoms with van der Waals surface area (Å²) < 4.78 is 35.2. The minimum atomic E-state index is -4.33. The van der Waals surface area contributed by atoms with Gasteiger partial charge in [0.2, 0.25) is 5.91 Å². The molecule has 16 heavy (non-hydrogen) atoms. The van der Waals surface area contributed by atoms with Gasteiger partial charge in [0.25, 0.3) is 0 Å². The first kappa shape index (κ1) is 15.1. The van der Waals surface area contributed by atoms with Crippen molar-refractivity contribution in [3.8, 4) is 0 Å². The van der Waals surface area contributed by atoms with Gasteiger partial charge in [-0.15, -0.1) is 11.8 Å². The van der Waals surface area contributed by atoms with Gasteiger partial charge in [-0.05, 0) is 13.8 Å². The lowest BCUT2D eigenvalue weighted by Crippen LogP contribution is -2.50. The smallest absolute Gasteiger partial charge is 0.397 e. The first-order chi connectivity index (χ1) is 7.04. The lowest BCUT2D eigenvalue weighted by molar-refractivity contribution is -0.145. The lowest BCUT2D eigenvalue weighted by atomic mass is 10.1. The molecule has 0 aliphatic heterocycles. The molecule has 4 nitrogen and oxygen atoms in total. The maximum Gasteiger partial charge on any atom is 0.397 e. The molecule has 0 aromatic carbocycles. The van der Waals surface area contributed by atoms with Crippen LogP contribution in [0, 0.1) is 0 Å². The van der Waals surface area contributed by atoms with Crippen molar-refractivity contribution < 1.29 is 27.9 Å². The first-order valence-electron chi connectivity index (χ1n) is 4.23. The van der Waals surface area contributed by atoms with Crippen LogP contribution in [0.4, 0.5) is 13.2 Å². The molecule has 94 valence electrons. The second-order valence-corrected chi connectivity index (χ2v) is 4.57. The summed E-state index contributed by atoms with van der Waals surface area (Å²) in [4.78, 5) is 21.7. The summed E-state index contributed by atoms with van der Waals surface area (Å²) in [6, 6.07) is 0. The van der Waals surface area contributed by atoms with Crippen molar-refractivity contribution in [3.63, 3.8) is 0 Å². The number of thioether (sulfide) groups is 1. The number of carbonyl (C=O) groups is 2. The van der Waals surface area contributed by atoms with Crippen LogP contribution in [-0.4, -0.2) is 40.2 Å². The maximum atomic E-state index is 11.7. The molecule has 0 bridgehead atoms. The van der Waals surface area contributed by atoms with Gasteiger partial charge in [0.15, 0.2) is 0 Å². The second kappa shape index (κ2) is 5.42. The molecule has 0 aliphatic carbocycles. The zero-order chi connectivity index (χ0) is 13.0. The molecule has 0 aromatic rings. The molecule has 0 rings (SSSR count). The predicted octanol–water partition coefficient (Wildman–Crippen LogP) is 1.26. The Hall–Kier alpha value is -0.920. The Morgan fingerprint density at radius 1 is 1.31 bits per heavy atom. The summed E-state index contributed by atoms with van der Waals surface area (Å²) in [7, 11) is 0. The predicted molar refractivity (Wildman–Crippen MR) is 53.2 cm³/mol. The Balaban J connectivity index is 3.97. The van der Waals surface area contributed by atoms with E-state index in [1.165, 1.54) is 13.8 Å². The SMILES string of the molecule is CC(C)(NC(=O)CSCC(F)(F)F)C(=O)O. The average Bonchev–Trinajstić information content (AvgIpc) is 1.99. The number of hydrogen-bond donors (Lipinski definition) is 2. The molecule has 0 heterocycles. The first-order valence-corrected chi connectivity index (χ1v) is 5.39. The van der Waals surface area contributed by atoms with E-state index in [0.717, 1.165) is 0 Å². The number of carbonyl (C=O) groups excluding carboxylic acids is 1. The van der Waals surface area contributed by atoms with E-state index in [-0.39, 0.29) is 0 Å². The third-order valence-electron chi connectivity index (χ3n) is 1.49. The molecule has 0 radical (unpaired) electrons. The van der Waals surface area contributed by atoms with E-state index < -0.39 is 35.1 Å². The summed E-state index contributed by atoms with van der Waals surface area (Å²) in [5.41, 5.74) is -1.48. The quantitative estimate of drug-likeness (QED) is 0.780. The fraction of sp³-hybridized carbons (Fsp3) is 0.750. The Kier molecular flexibility index (Phi) is 5.11. The van der Waals surface area contributed by atoms with Gasteiger partial charge in [0.05, 0.1) is 11.5 Å². The second-order valence-electron chi connectivity index (χ2n) is 3.59. The number of amides is 1. The van der Waals surface area contributed by atoms with Crippen LogP contribution in [0.5, 0.6) is 0 Å². The van der Waals surface area contributed by atoms with Crippen LogP contribution >= 0.6 is 11.8 Å². The van der Waals surface area contributed by atoms with E-state index in [1.54, 1.807) is 0 Å². The van der Waals surface area contributed by atoms with Gasteiger partial charge in [-0.25, -0.2) is 4.79 Å². The standard InChI is InChI=1S/C8H12F3NO3S/c1-7(2,6(14)15)12-5(13)3-16-4-8(9,10)11/h3-4H2,1-2H3,(H,12,13)(H,14,15).